The molecule has 1 N–H and O–H groups in total. The lowest BCUT2D eigenvalue weighted by Crippen LogP contribution is -2.29. The van der Waals surface area contributed by atoms with Gasteiger partial charge in [-0.25, -0.2) is 0 Å². The van der Waals surface area contributed by atoms with Gasteiger partial charge in [-0.2, -0.15) is 0 Å². The molecule has 0 unspecified atom stereocenters. The number of thiocarbonyl (C=S) groups is 1. The highest BCUT2D eigenvalue weighted by molar-refractivity contribution is 9.10. The van der Waals surface area contributed by atoms with Gasteiger partial charge in [-0.1, -0.05) is 52.3 Å². The van der Waals surface area contributed by atoms with Crippen LogP contribution in [0.15, 0.2) is 93.9 Å². The molecule has 0 amide bonds. The molecule has 4 aromatic rings. The summed E-state index contributed by atoms with van der Waals surface area (Å²) in [5.41, 5.74) is 4.12. The fraction of sp³-hybridized carbons (Fsp3) is 0.120. The Labute approximate surface area is 195 Å². The molecule has 1 aliphatic rings. The lowest BCUT2D eigenvalue weighted by atomic mass is 10.0. The van der Waals surface area contributed by atoms with Crippen molar-refractivity contribution in [3.8, 4) is 11.3 Å². The summed E-state index contributed by atoms with van der Waals surface area (Å²) in [6, 6.07) is 26.1. The molecule has 0 radical (unpaired) electrons. The minimum Gasteiger partial charge on any atom is -0.459 e. The molecule has 3 heterocycles. The summed E-state index contributed by atoms with van der Waals surface area (Å²) in [6.07, 6.45) is 1.81. The monoisotopic (exact) mass is 489 g/mol. The van der Waals surface area contributed by atoms with Crippen LogP contribution in [0.25, 0.3) is 11.3 Å². The van der Waals surface area contributed by atoms with Gasteiger partial charge in [0.2, 0.25) is 0 Å². The highest BCUT2D eigenvalue weighted by Crippen LogP contribution is 2.43. The summed E-state index contributed by atoms with van der Waals surface area (Å²) >= 11 is 9.38. The Balaban J connectivity index is 1.61. The van der Waals surface area contributed by atoms with E-state index in [1.807, 2.05) is 60.7 Å². The van der Waals surface area contributed by atoms with E-state index in [2.05, 4.69) is 56.3 Å². The van der Waals surface area contributed by atoms with Gasteiger partial charge in [0, 0.05) is 21.9 Å². The van der Waals surface area contributed by atoms with Crippen LogP contribution < -0.4 is 10.2 Å². The Morgan fingerprint density at radius 3 is 2.55 bits per heavy atom. The highest BCUT2D eigenvalue weighted by atomic mass is 79.9. The van der Waals surface area contributed by atoms with E-state index in [1.54, 1.807) is 6.20 Å². The average Bonchev–Trinajstić information content (AvgIpc) is 3.41. The molecule has 1 saturated heterocycles. The van der Waals surface area contributed by atoms with Crippen LogP contribution >= 0.6 is 28.1 Å². The number of aromatic nitrogens is 1. The van der Waals surface area contributed by atoms with Crippen LogP contribution in [0.2, 0.25) is 0 Å². The van der Waals surface area contributed by atoms with Crippen LogP contribution in [0.3, 0.4) is 0 Å². The van der Waals surface area contributed by atoms with Crippen LogP contribution in [-0.2, 0) is 0 Å². The number of hydrogen-bond donors (Lipinski definition) is 1. The molecule has 31 heavy (non-hydrogen) atoms. The molecular weight excluding hydrogens is 470 g/mol. The minimum atomic E-state index is -0.166. The molecule has 4 nitrogen and oxygen atoms in total. The first-order valence-electron chi connectivity index (χ1n) is 10.0. The maximum Gasteiger partial charge on any atom is 0.174 e. The van der Waals surface area contributed by atoms with Crippen molar-refractivity contribution >= 4 is 38.9 Å². The standard InChI is InChI=1S/C25H20BrN3OS/c1-16-15-18(10-11-19(16)26)29-24(23(28-25(29)31)20-9-5-6-14-27-20)22-13-12-21(30-22)17-7-3-2-4-8-17/h2-15,23-24H,1H3,(H,28,31)/t23-,24+/m0/s1. The van der Waals surface area contributed by atoms with Crippen LogP contribution in [-0.4, -0.2) is 10.1 Å². The number of benzene rings is 2. The summed E-state index contributed by atoms with van der Waals surface area (Å²) in [4.78, 5) is 6.72. The Bertz CT molecular complexity index is 1230. The third-order valence-electron chi connectivity index (χ3n) is 5.49. The third kappa shape index (κ3) is 3.77. The van der Waals surface area contributed by atoms with Crippen molar-refractivity contribution in [2.45, 2.75) is 19.0 Å². The van der Waals surface area contributed by atoms with Crippen LogP contribution in [0.1, 0.15) is 29.1 Å². The molecule has 1 aliphatic heterocycles. The Kier molecular flexibility index (Phi) is 5.34. The molecule has 0 spiro atoms. The van der Waals surface area contributed by atoms with E-state index in [-0.39, 0.29) is 12.1 Å². The van der Waals surface area contributed by atoms with Crippen molar-refractivity contribution in [2.24, 2.45) is 0 Å². The molecular formula is C25H20BrN3OS. The number of nitrogens with zero attached hydrogens (tertiary/aromatic N) is 2. The second-order valence-electron chi connectivity index (χ2n) is 7.50. The van der Waals surface area contributed by atoms with Crippen molar-refractivity contribution in [1.82, 2.24) is 10.3 Å². The van der Waals surface area contributed by atoms with Gasteiger partial charge in [0.05, 0.1) is 11.7 Å². The third-order valence-corrected chi connectivity index (χ3v) is 6.70. The molecule has 5 rings (SSSR count). The van der Waals surface area contributed by atoms with E-state index in [0.29, 0.717) is 5.11 Å². The Morgan fingerprint density at radius 1 is 1.00 bits per heavy atom. The predicted molar refractivity (Wildman–Crippen MR) is 131 cm³/mol. The van der Waals surface area contributed by atoms with Crippen molar-refractivity contribution in [1.29, 1.82) is 0 Å². The van der Waals surface area contributed by atoms with Crippen LogP contribution in [0.4, 0.5) is 5.69 Å². The lowest BCUT2D eigenvalue weighted by molar-refractivity contribution is 0.439. The molecule has 0 aliphatic carbocycles. The predicted octanol–water partition coefficient (Wildman–Crippen LogP) is 6.59. The molecule has 0 bridgehead atoms. The van der Waals surface area contributed by atoms with Gasteiger partial charge in [-0.05, 0) is 67.2 Å². The van der Waals surface area contributed by atoms with Gasteiger partial charge in [0.15, 0.2) is 5.11 Å². The Morgan fingerprint density at radius 2 is 1.81 bits per heavy atom. The van der Waals surface area contributed by atoms with Crippen molar-refractivity contribution in [3.05, 3.63) is 107 Å². The smallest absolute Gasteiger partial charge is 0.174 e. The van der Waals surface area contributed by atoms with Gasteiger partial charge < -0.3 is 14.6 Å². The fourth-order valence-corrected chi connectivity index (χ4v) is 4.56. The largest absolute Gasteiger partial charge is 0.459 e. The van der Waals surface area contributed by atoms with E-state index < -0.39 is 0 Å². The van der Waals surface area contributed by atoms with Gasteiger partial charge >= 0.3 is 0 Å². The number of rotatable bonds is 4. The molecule has 1 fully saturated rings. The molecule has 0 saturated carbocycles. The van der Waals surface area contributed by atoms with Gasteiger partial charge in [-0.15, -0.1) is 0 Å². The SMILES string of the molecule is Cc1cc(N2C(=S)N[C@@H](c3ccccn3)[C@H]2c2ccc(-c3ccccc3)o2)ccc1Br. The zero-order valence-corrected chi connectivity index (χ0v) is 19.2. The highest BCUT2D eigenvalue weighted by Gasteiger charge is 2.42. The van der Waals surface area contributed by atoms with E-state index in [0.717, 1.165) is 38.5 Å². The molecule has 6 heteroatoms. The zero-order valence-electron chi connectivity index (χ0n) is 16.8. The summed E-state index contributed by atoms with van der Waals surface area (Å²) in [5.74, 6) is 1.67. The number of halogens is 1. The molecule has 154 valence electrons. The topological polar surface area (TPSA) is 41.3 Å². The lowest BCUT2D eigenvalue weighted by Gasteiger charge is -2.26. The summed E-state index contributed by atoms with van der Waals surface area (Å²) in [6.45, 7) is 2.08. The summed E-state index contributed by atoms with van der Waals surface area (Å²) < 4.78 is 7.45. The molecule has 2 aromatic carbocycles. The summed E-state index contributed by atoms with van der Waals surface area (Å²) in [7, 11) is 0. The van der Waals surface area contributed by atoms with Gasteiger partial charge in [0.1, 0.15) is 17.6 Å². The first-order valence-corrected chi connectivity index (χ1v) is 11.2. The molecule has 2 atom stereocenters. The normalized spacial score (nSPS) is 18.3. The first kappa shape index (κ1) is 20.0. The number of pyridine rings is 1. The minimum absolute atomic E-state index is 0.132. The van der Waals surface area contributed by atoms with Gasteiger partial charge in [-0.3, -0.25) is 4.98 Å². The quantitative estimate of drug-likeness (QED) is 0.327. The fourth-order valence-electron chi connectivity index (χ4n) is 3.97. The zero-order chi connectivity index (χ0) is 21.4. The van der Waals surface area contributed by atoms with E-state index >= 15 is 0 Å². The second kappa shape index (κ2) is 8.29. The van der Waals surface area contributed by atoms with E-state index in [9.17, 15) is 0 Å². The summed E-state index contributed by atoms with van der Waals surface area (Å²) in [5, 5.41) is 4.13. The van der Waals surface area contributed by atoms with Crippen molar-refractivity contribution in [2.75, 3.05) is 4.90 Å². The van der Waals surface area contributed by atoms with Crippen molar-refractivity contribution in [3.63, 3.8) is 0 Å². The number of furan rings is 1. The number of anilines is 1. The van der Waals surface area contributed by atoms with Crippen molar-refractivity contribution < 1.29 is 4.42 Å². The average molecular weight is 490 g/mol. The number of nitrogens with one attached hydrogen (secondary N) is 1. The van der Waals surface area contributed by atoms with Crippen LogP contribution in [0.5, 0.6) is 0 Å². The first-order chi connectivity index (χ1) is 15.1. The van der Waals surface area contributed by atoms with E-state index in [4.69, 9.17) is 16.6 Å². The van der Waals surface area contributed by atoms with Crippen LogP contribution in [0, 0.1) is 6.92 Å². The maximum atomic E-state index is 6.38. The van der Waals surface area contributed by atoms with Gasteiger partial charge in [0.25, 0.3) is 0 Å². The maximum absolute atomic E-state index is 6.38. The Hall–Kier alpha value is -2.96. The number of aryl methyl sites for hydroxylation is 1. The second-order valence-corrected chi connectivity index (χ2v) is 8.74. The van der Waals surface area contributed by atoms with E-state index in [1.165, 1.54) is 0 Å². The molecule has 2 aromatic heterocycles. The number of hydrogen-bond acceptors (Lipinski definition) is 3.